The van der Waals surface area contributed by atoms with Crippen LogP contribution in [0, 0.1) is 17.2 Å². The molecule has 0 saturated heterocycles. The third-order valence-electron chi connectivity index (χ3n) is 3.95. The lowest BCUT2D eigenvalue weighted by atomic mass is 9.86. The highest BCUT2D eigenvalue weighted by atomic mass is 14.9. The second-order valence-corrected chi connectivity index (χ2v) is 6.07. The SMILES string of the molecule is CC1CCC(Nc2ccc(C(C)(C)C#N)cc2)C1. The summed E-state index contributed by atoms with van der Waals surface area (Å²) in [6, 6.07) is 11.3. The van der Waals surface area contributed by atoms with Gasteiger partial charge in [-0.05, 0) is 56.7 Å². The summed E-state index contributed by atoms with van der Waals surface area (Å²) < 4.78 is 0. The number of hydrogen-bond acceptors (Lipinski definition) is 2. The van der Waals surface area contributed by atoms with E-state index >= 15 is 0 Å². The quantitative estimate of drug-likeness (QED) is 0.866. The monoisotopic (exact) mass is 242 g/mol. The average molecular weight is 242 g/mol. The van der Waals surface area contributed by atoms with Crippen LogP contribution in [-0.2, 0) is 5.41 Å². The second kappa shape index (κ2) is 5.02. The first-order chi connectivity index (χ1) is 8.51. The van der Waals surface area contributed by atoms with E-state index in [4.69, 9.17) is 5.26 Å². The molecule has 0 aromatic heterocycles. The van der Waals surface area contributed by atoms with Crippen molar-refractivity contribution < 1.29 is 0 Å². The lowest BCUT2D eigenvalue weighted by Crippen LogP contribution is -2.16. The van der Waals surface area contributed by atoms with Crippen LogP contribution < -0.4 is 5.32 Å². The van der Waals surface area contributed by atoms with Crippen LogP contribution >= 0.6 is 0 Å². The Bertz CT molecular complexity index is 439. The van der Waals surface area contributed by atoms with Crippen LogP contribution in [0.3, 0.4) is 0 Å². The average Bonchev–Trinajstić information content (AvgIpc) is 2.75. The van der Waals surface area contributed by atoms with E-state index in [-0.39, 0.29) is 0 Å². The minimum atomic E-state index is -0.402. The molecule has 0 bridgehead atoms. The Morgan fingerprint density at radius 1 is 1.22 bits per heavy atom. The predicted octanol–water partition coefficient (Wildman–Crippen LogP) is 4.09. The largest absolute Gasteiger partial charge is 0.382 e. The van der Waals surface area contributed by atoms with E-state index in [1.807, 2.05) is 13.8 Å². The van der Waals surface area contributed by atoms with E-state index in [0.717, 1.165) is 11.5 Å². The van der Waals surface area contributed by atoms with E-state index in [2.05, 4.69) is 42.6 Å². The summed E-state index contributed by atoms with van der Waals surface area (Å²) in [6.07, 6.45) is 3.87. The van der Waals surface area contributed by atoms with Gasteiger partial charge in [0.15, 0.2) is 0 Å². The molecule has 1 aromatic carbocycles. The minimum Gasteiger partial charge on any atom is -0.382 e. The summed E-state index contributed by atoms with van der Waals surface area (Å²) in [5, 5.41) is 12.7. The number of nitrogens with zero attached hydrogens (tertiary/aromatic N) is 1. The van der Waals surface area contributed by atoms with Crippen molar-refractivity contribution in [2.45, 2.75) is 51.5 Å². The molecule has 1 saturated carbocycles. The number of anilines is 1. The Kier molecular flexibility index (Phi) is 3.61. The number of hydrogen-bond donors (Lipinski definition) is 1. The summed E-state index contributed by atoms with van der Waals surface area (Å²) >= 11 is 0. The zero-order chi connectivity index (χ0) is 13.2. The number of benzene rings is 1. The van der Waals surface area contributed by atoms with Gasteiger partial charge in [0.25, 0.3) is 0 Å². The molecule has 1 aromatic rings. The lowest BCUT2D eigenvalue weighted by molar-refractivity contribution is 0.602. The van der Waals surface area contributed by atoms with Crippen molar-refractivity contribution in [2.75, 3.05) is 5.32 Å². The van der Waals surface area contributed by atoms with Crippen LogP contribution in [0.15, 0.2) is 24.3 Å². The first-order valence-corrected chi connectivity index (χ1v) is 6.79. The van der Waals surface area contributed by atoms with Crippen molar-refractivity contribution in [1.29, 1.82) is 5.26 Å². The van der Waals surface area contributed by atoms with E-state index < -0.39 is 5.41 Å². The maximum absolute atomic E-state index is 9.11. The van der Waals surface area contributed by atoms with Gasteiger partial charge in [0.05, 0.1) is 11.5 Å². The van der Waals surface area contributed by atoms with Gasteiger partial charge in [0.1, 0.15) is 0 Å². The minimum absolute atomic E-state index is 0.402. The van der Waals surface area contributed by atoms with Gasteiger partial charge >= 0.3 is 0 Å². The summed E-state index contributed by atoms with van der Waals surface area (Å²) in [5.41, 5.74) is 1.85. The molecule has 0 heterocycles. The number of nitrogens with one attached hydrogen (secondary N) is 1. The van der Waals surface area contributed by atoms with Crippen molar-refractivity contribution in [3.05, 3.63) is 29.8 Å². The Morgan fingerprint density at radius 2 is 1.89 bits per heavy atom. The topological polar surface area (TPSA) is 35.8 Å². The molecule has 1 fully saturated rings. The lowest BCUT2D eigenvalue weighted by Gasteiger charge is -2.18. The number of rotatable bonds is 3. The zero-order valence-electron chi connectivity index (χ0n) is 11.5. The normalized spacial score (nSPS) is 23.7. The molecule has 18 heavy (non-hydrogen) atoms. The third kappa shape index (κ3) is 2.85. The smallest absolute Gasteiger partial charge is 0.0766 e. The maximum Gasteiger partial charge on any atom is 0.0766 e. The van der Waals surface area contributed by atoms with Crippen molar-refractivity contribution >= 4 is 5.69 Å². The fraction of sp³-hybridized carbons (Fsp3) is 0.562. The molecule has 2 heteroatoms. The van der Waals surface area contributed by atoms with Crippen LogP contribution in [-0.4, -0.2) is 6.04 Å². The molecule has 2 atom stereocenters. The highest BCUT2D eigenvalue weighted by molar-refractivity contribution is 5.47. The van der Waals surface area contributed by atoms with E-state index in [9.17, 15) is 0 Å². The van der Waals surface area contributed by atoms with E-state index in [0.29, 0.717) is 6.04 Å². The summed E-state index contributed by atoms with van der Waals surface area (Å²) in [4.78, 5) is 0. The fourth-order valence-electron chi connectivity index (χ4n) is 2.62. The standard InChI is InChI=1S/C16H22N2/c1-12-4-7-15(10-12)18-14-8-5-13(6-9-14)16(2,3)11-17/h5-6,8-9,12,15,18H,4,7,10H2,1-3H3. The van der Waals surface area contributed by atoms with Crippen molar-refractivity contribution in [3.63, 3.8) is 0 Å². The zero-order valence-corrected chi connectivity index (χ0v) is 11.5. The molecule has 1 N–H and O–H groups in total. The predicted molar refractivity (Wildman–Crippen MR) is 75.5 cm³/mol. The summed E-state index contributed by atoms with van der Waals surface area (Å²) in [6.45, 7) is 6.22. The van der Waals surface area contributed by atoms with Crippen molar-refractivity contribution in [3.8, 4) is 6.07 Å². The molecule has 0 amide bonds. The molecule has 0 aliphatic heterocycles. The van der Waals surface area contributed by atoms with E-state index in [1.165, 1.54) is 24.9 Å². The molecule has 2 unspecified atom stereocenters. The van der Waals surface area contributed by atoms with Crippen molar-refractivity contribution in [1.82, 2.24) is 0 Å². The van der Waals surface area contributed by atoms with Gasteiger partial charge in [0.2, 0.25) is 0 Å². The van der Waals surface area contributed by atoms with Crippen molar-refractivity contribution in [2.24, 2.45) is 5.92 Å². The van der Waals surface area contributed by atoms with Crippen LogP contribution in [0.2, 0.25) is 0 Å². The Labute approximate surface area is 110 Å². The molecule has 1 aliphatic carbocycles. The fourth-order valence-corrected chi connectivity index (χ4v) is 2.62. The second-order valence-electron chi connectivity index (χ2n) is 6.07. The van der Waals surface area contributed by atoms with Crippen LogP contribution in [0.1, 0.15) is 45.6 Å². The van der Waals surface area contributed by atoms with Gasteiger partial charge in [-0.15, -0.1) is 0 Å². The highest BCUT2D eigenvalue weighted by Gasteiger charge is 2.22. The van der Waals surface area contributed by atoms with Crippen LogP contribution in [0.4, 0.5) is 5.69 Å². The molecular weight excluding hydrogens is 220 g/mol. The van der Waals surface area contributed by atoms with Crippen LogP contribution in [0.5, 0.6) is 0 Å². The Hall–Kier alpha value is -1.49. The summed E-state index contributed by atoms with van der Waals surface area (Å²) in [5.74, 6) is 0.847. The molecule has 1 aliphatic rings. The maximum atomic E-state index is 9.11. The van der Waals surface area contributed by atoms with Gasteiger partial charge in [-0.3, -0.25) is 0 Å². The third-order valence-corrected chi connectivity index (χ3v) is 3.95. The molecule has 2 nitrogen and oxygen atoms in total. The highest BCUT2D eigenvalue weighted by Crippen LogP contribution is 2.28. The van der Waals surface area contributed by atoms with Crippen LogP contribution in [0.25, 0.3) is 0 Å². The first-order valence-electron chi connectivity index (χ1n) is 6.79. The van der Waals surface area contributed by atoms with Gasteiger partial charge in [-0.2, -0.15) is 5.26 Å². The van der Waals surface area contributed by atoms with Gasteiger partial charge < -0.3 is 5.32 Å². The Balaban J connectivity index is 2.02. The number of nitriles is 1. The first kappa shape index (κ1) is 13.0. The summed E-state index contributed by atoms with van der Waals surface area (Å²) in [7, 11) is 0. The van der Waals surface area contributed by atoms with E-state index in [1.54, 1.807) is 0 Å². The van der Waals surface area contributed by atoms with Gasteiger partial charge in [-0.25, -0.2) is 0 Å². The molecule has 0 radical (unpaired) electrons. The van der Waals surface area contributed by atoms with Gasteiger partial charge in [-0.1, -0.05) is 19.1 Å². The van der Waals surface area contributed by atoms with Gasteiger partial charge in [0, 0.05) is 11.7 Å². The molecular formula is C16H22N2. The molecule has 0 spiro atoms. The molecule has 2 rings (SSSR count). The molecule has 96 valence electrons. The Morgan fingerprint density at radius 3 is 2.39 bits per heavy atom.